The Kier molecular flexibility index (Phi) is 6.69. The van der Waals surface area contributed by atoms with Gasteiger partial charge in [0.2, 0.25) is 0 Å². The van der Waals surface area contributed by atoms with Crippen LogP contribution in [0.5, 0.6) is 0 Å². The van der Waals surface area contributed by atoms with E-state index in [1.807, 2.05) is 48.5 Å². The van der Waals surface area contributed by atoms with Gasteiger partial charge in [0.1, 0.15) is 5.54 Å². The van der Waals surface area contributed by atoms with Gasteiger partial charge >= 0.3 is 12.0 Å². The zero-order chi connectivity index (χ0) is 22.4. The molecule has 4 amide bonds. The average molecular weight is 423 g/mol. The molecule has 0 aromatic heterocycles. The predicted molar refractivity (Wildman–Crippen MR) is 115 cm³/mol. The van der Waals surface area contributed by atoms with Gasteiger partial charge in [-0.05, 0) is 31.9 Å². The highest BCUT2D eigenvalue weighted by Gasteiger charge is 2.43. The first kappa shape index (κ1) is 22.0. The van der Waals surface area contributed by atoms with Crippen LogP contribution in [0, 0.1) is 0 Å². The van der Waals surface area contributed by atoms with Gasteiger partial charge in [0.05, 0.1) is 0 Å². The second-order valence-corrected chi connectivity index (χ2v) is 7.74. The molecule has 8 heteroatoms. The highest BCUT2D eigenvalue weighted by atomic mass is 16.5. The fourth-order valence-electron chi connectivity index (χ4n) is 3.27. The predicted octanol–water partition coefficient (Wildman–Crippen LogP) is 2.95. The smallest absolute Gasteiger partial charge is 0.325 e. The monoisotopic (exact) mass is 423 g/mol. The molecule has 3 rings (SSSR count). The summed E-state index contributed by atoms with van der Waals surface area (Å²) in [6.07, 6.45) is 0.248. The minimum absolute atomic E-state index is 0.00856. The molecule has 2 aromatic rings. The lowest BCUT2D eigenvalue weighted by Gasteiger charge is -2.15. The minimum Gasteiger partial charge on any atom is -0.456 e. The first-order valence-corrected chi connectivity index (χ1v) is 10.0. The molecule has 0 bridgehead atoms. The van der Waals surface area contributed by atoms with Crippen molar-refractivity contribution in [3.05, 3.63) is 54.6 Å². The maximum Gasteiger partial charge on any atom is 0.325 e. The number of urea groups is 1. The van der Waals surface area contributed by atoms with Crippen LogP contribution in [-0.4, -0.2) is 47.4 Å². The molecule has 8 nitrogen and oxygen atoms in total. The minimum atomic E-state index is -0.939. The molecule has 0 saturated carbocycles. The Labute approximate surface area is 180 Å². The molecule has 2 aromatic carbocycles. The van der Waals surface area contributed by atoms with Crippen LogP contribution < -0.4 is 10.6 Å². The molecule has 1 heterocycles. The van der Waals surface area contributed by atoms with Gasteiger partial charge in [-0.2, -0.15) is 0 Å². The van der Waals surface area contributed by atoms with Gasteiger partial charge in [0.15, 0.2) is 6.61 Å². The third-order valence-corrected chi connectivity index (χ3v) is 4.86. The van der Waals surface area contributed by atoms with E-state index in [0.717, 1.165) is 16.0 Å². The number of anilines is 1. The fourth-order valence-corrected chi connectivity index (χ4v) is 3.27. The highest BCUT2D eigenvalue weighted by Crippen LogP contribution is 2.27. The summed E-state index contributed by atoms with van der Waals surface area (Å²) in [6, 6.07) is 16.5. The van der Waals surface area contributed by atoms with E-state index in [9.17, 15) is 19.2 Å². The summed E-state index contributed by atoms with van der Waals surface area (Å²) in [6.45, 7) is 2.93. The number of hydrogen-bond acceptors (Lipinski definition) is 5. The lowest BCUT2D eigenvalue weighted by molar-refractivity contribution is -0.147. The van der Waals surface area contributed by atoms with Gasteiger partial charge in [0, 0.05) is 24.2 Å². The molecule has 0 aliphatic carbocycles. The lowest BCUT2D eigenvalue weighted by Crippen LogP contribution is -2.40. The Balaban J connectivity index is 1.45. The van der Waals surface area contributed by atoms with Crippen molar-refractivity contribution in [1.82, 2.24) is 10.2 Å². The first-order chi connectivity index (χ1) is 14.8. The summed E-state index contributed by atoms with van der Waals surface area (Å²) >= 11 is 0. The molecule has 162 valence electrons. The van der Waals surface area contributed by atoms with Gasteiger partial charge in [-0.25, -0.2) is 4.79 Å². The largest absolute Gasteiger partial charge is 0.456 e. The number of nitrogens with one attached hydrogen (secondary N) is 2. The van der Waals surface area contributed by atoms with Crippen LogP contribution in [0.15, 0.2) is 54.6 Å². The maximum atomic E-state index is 12.2. The summed E-state index contributed by atoms with van der Waals surface area (Å²) < 4.78 is 5.03. The molecule has 31 heavy (non-hydrogen) atoms. The van der Waals surface area contributed by atoms with Crippen LogP contribution in [0.2, 0.25) is 0 Å². The summed E-state index contributed by atoms with van der Waals surface area (Å²) in [5.41, 5.74) is 1.50. The molecule has 1 aliphatic heterocycles. The molecule has 2 N–H and O–H groups in total. The Morgan fingerprint density at radius 1 is 1.03 bits per heavy atom. The topological polar surface area (TPSA) is 105 Å². The number of benzene rings is 2. The van der Waals surface area contributed by atoms with Gasteiger partial charge < -0.3 is 15.4 Å². The number of nitrogens with zero attached hydrogens (tertiary/aromatic N) is 1. The number of carbonyl (C=O) groups excluding carboxylic acids is 4. The highest BCUT2D eigenvalue weighted by molar-refractivity contribution is 6.06. The van der Waals surface area contributed by atoms with Gasteiger partial charge in [-0.1, -0.05) is 48.5 Å². The Morgan fingerprint density at radius 3 is 2.39 bits per heavy atom. The van der Waals surface area contributed by atoms with Crippen molar-refractivity contribution in [2.45, 2.75) is 32.2 Å². The number of esters is 1. The van der Waals surface area contributed by atoms with Crippen LogP contribution in [0.25, 0.3) is 11.1 Å². The Hall–Kier alpha value is -3.68. The number of amides is 4. The molecule has 0 atom stereocenters. The van der Waals surface area contributed by atoms with Gasteiger partial charge in [0.25, 0.3) is 11.8 Å². The quantitative estimate of drug-likeness (QED) is 0.502. The van der Waals surface area contributed by atoms with Crippen molar-refractivity contribution in [1.29, 1.82) is 0 Å². The zero-order valence-corrected chi connectivity index (χ0v) is 17.5. The van der Waals surface area contributed by atoms with Gasteiger partial charge in [-0.3, -0.25) is 19.3 Å². The number of para-hydroxylation sites is 1. The zero-order valence-electron chi connectivity index (χ0n) is 17.5. The van der Waals surface area contributed by atoms with Crippen LogP contribution in [0.1, 0.15) is 26.7 Å². The molecule has 1 fully saturated rings. The molecule has 0 unspecified atom stereocenters. The van der Waals surface area contributed by atoms with Gasteiger partial charge in [-0.15, -0.1) is 0 Å². The third kappa shape index (κ3) is 5.48. The molecule has 1 aliphatic rings. The van der Waals surface area contributed by atoms with E-state index in [0.29, 0.717) is 5.69 Å². The SMILES string of the molecule is CC1(C)NC(=O)N(CCCC(=O)OCC(=O)Nc2ccccc2-c2ccccc2)C1=O. The number of rotatable bonds is 8. The summed E-state index contributed by atoms with van der Waals surface area (Å²) in [5, 5.41) is 5.34. The van der Waals surface area contributed by atoms with Crippen molar-refractivity contribution in [3.8, 4) is 11.1 Å². The fraction of sp³-hybridized carbons (Fsp3) is 0.304. The molecule has 0 radical (unpaired) electrons. The molecule has 0 spiro atoms. The van der Waals surface area contributed by atoms with Crippen molar-refractivity contribution in [2.24, 2.45) is 0 Å². The number of hydrogen-bond donors (Lipinski definition) is 2. The standard InChI is InChI=1S/C23H25N3O5/c1-23(2)21(29)26(22(30)25-23)14-8-13-20(28)31-15-19(27)24-18-12-7-6-11-17(18)16-9-4-3-5-10-16/h3-7,9-12H,8,13-15H2,1-2H3,(H,24,27)(H,25,30). The van der Waals surface area contributed by atoms with Crippen LogP contribution >= 0.6 is 0 Å². The second kappa shape index (κ2) is 9.42. The first-order valence-electron chi connectivity index (χ1n) is 10.0. The number of ether oxygens (including phenoxy) is 1. The number of carbonyl (C=O) groups is 4. The van der Waals surface area contributed by atoms with Crippen LogP contribution in [0.4, 0.5) is 10.5 Å². The van der Waals surface area contributed by atoms with Crippen LogP contribution in [-0.2, 0) is 19.1 Å². The van der Waals surface area contributed by atoms with E-state index in [4.69, 9.17) is 4.74 Å². The van der Waals surface area contributed by atoms with E-state index in [1.165, 1.54) is 0 Å². The van der Waals surface area contributed by atoms with E-state index >= 15 is 0 Å². The molecule has 1 saturated heterocycles. The van der Waals surface area contributed by atoms with Crippen molar-refractivity contribution < 1.29 is 23.9 Å². The maximum absolute atomic E-state index is 12.2. The average Bonchev–Trinajstić information content (AvgIpc) is 2.94. The molecular weight excluding hydrogens is 398 g/mol. The summed E-state index contributed by atoms with van der Waals surface area (Å²) in [4.78, 5) is 49.2. The van der Waals surface area contributed by atoms with E-state index in [2.05, 4.69) is 10.6 Å². The van der Waals surface area contributed by atoms with E-state index in [1.54, 1.807) is 19.9 Å². The van der Waals surface area contributed by atoms with Crippen LogP contribution in [0.3, 0.4) is 0 Å². The van der Waals surface area contributed by atoms with Crippen molar-refractivity contribution >= 4 is 29.5 Å². The Bertz CT molecular complexity index is 988. The molecular formula is C23H25N3O5. The number of imide groups is 1. The Morgan fingerprint density at radius 2 is 1.71 bits per heavy atom. The second-order valence-electron chi connectivity index (χ2n) is 7.74. The van der Waals surface area contributed by atoms with Crippen molar-refractivity contribution in [2.75, 3.05) is 18.5 Å². The normalized spacial score (nSPS) is 14.8. The van der Waals surface area contributed by atoms with E-state index in [-0.39, 0.29) is 25.3 Å². The summed E-state index contributed by atoms with van der Waals surface area (Å²) in [7, 11) is 0. The third-order valence-electron chi connectivity index (χ3n) is 4.86. The lowest BCUT2D eigenvalue weighted by atomic mass is 10.0. The van der Waals surface area contributed by atoms with Crippen molar-refractivity contribution in [3.63, 3.8) is 0 Å². The summed E-state index contributed by atoms with van der Waals surface area (Å²) in [5.74, 6) is -1.35. The van der Waals surface area contributed by atoms with E-state index < -0.39 is 30.1 Å².